The first-order valence-electron chi connectivity index (χ1n) is 5.62. The second-order valence-electron chi connectivity index (χ2n) is 3.89. The Morgan fingerprint density at radius 1 is 1.39 bits per heavy atom. The smallest absolute Gasteiger partial charge is 0.389 e. The minimum Gasteiger partial charge on any atom is -0.504 e. The van der Waals surface area contributed by atoms with E-state index in [1.54, 1.807) is 19.1 Å². The van der Waals surface area contributed by atoms with Gasteiger partial charge in [0.15, 0.2) is 11.5 Å². The van der Waals surface area contributed by atoms with Gasteiger partial charge in [0, 0.05) is 18.0 Å². The second-order valence-corrected chi connectivity index (χ2v) is 3.89. The Morgan fingerprint density at radius 3 is 2.61 bits per heavy atom. The highest BCUT2D eigenvalue weighted by Gasteiger charge is 2.28. The summed E-state index contributed by atoms with van der Waals surface area (Å²) in [5, 5.41) is 9.83. The van der Waals surface area contributed by atoms with Crippen molar-refractivity contribution in [3.63, 3.8) is 0 Å². The van der Waals surface area contributed by atoms with Gasteiger partial charge in [-0.2, -0.15) is 13.2 Å². The average Bonchev–Trinajstić information content (AvgIpc) is 2.28. The van der Waals surface area contributed by atoms with Gasteiger partial charge in [-0.25, -0.2) is 0 Å². The fraction of sp³-hybridized carbons (Fsp3) is 0.500. The molecule has 102 valence electrons. The molecule has 1 atom stereocenters. The molecule has 0 aliphatic heterocycles. The molecule has 1 rings (SSSR count). The van der Waals surface area contributed by atoms with Gasteiger partial charge in [-0.05, 0) is 19.4 Å². The first-order valence-corrected chi connectivity index (χ1v) is 5.62. The molecule has 0 radical (unpaired) electrons. The van der Waals surface area contributed by atoms with Crippen molar-refractivity contribution >= 4 is 0 Å². The Balaban J connectivity index is 2.79. The number of halogens is 3. The molecule has 0 unspecified atom stereocenters. The third-order valence-electron chi connectivity index (χ3n) is 2.47. The first-order chi connectivity index (χ1) is 8.35. The van der Waals surface area contributed by atoms with Crippen LogP contribution < -0.4 is 10.5 Å². The number of benzene rings is 1. The molecular weight excluding hydrogens is 247 g/mol. The Morgan fingerprint density at radius 2 is 2.06 bits per heavy atom. The number of nitrogens with two attached hydrogens (primary N) is 1. The summed E-state index contributed by atoms with van der Waals surface area (Å²) in [6.45, 7) is 2.10. The summed E-state index contributed by atoms with van der Waals surface area (Å²) in [5.74, 6) is 0.0477. The van der Waals surface area contributed by atoms with Gasteiger partial charge < -0.3 is 15.6 Å². The summed E-state index contributed by atoms with van der Waals surface area (Å²) in [6.07, 6.45) is -5.50. The third-order valence-corrected chi connectivity index (χ3v) is 2.47. The molecule has 0 saturated heterocycles. The Labute approximate surface area is 103 Å². The molecule has 0 bridgehead atoms. The maximum Gasteiger partial charge on any atom is 0.389 e. The highest BCUT2D eigenvalue weighted by molar-refractivity contribution is 5.46. The van der Waals surface area contributed by atoms with Crippen molar-refractivity contribution in [2.75, 3.05) is 6.61 Å². The lowest BCUT2D eigenvalue weighted by atomic mass is 10.0. The molecular formula is C12H16F3NO2. The van der Waals surface area contributed by atoms with Crippen LogP contribution >= 0.6 is 0 Å². The molecule has 1 aromatic carbocycles. The lowest BCUT2D eigenvalue weighted by Gasteiger charge is -2.16. The lowest BCUT2D eigenvalue weighted by Crippen LogP contribution is -2.16. The van der Waals surface area contributed by atoms with Crippen LogP contribution in [0.15, 0.2) is 18.2 Å². The van der Waals surface area contributed by atoms with Crippen LogP contribution in [0.1, 0.15) is 31.4 Å². The van der Waals surface area contributed by atoms with Crippen LogP contribution in [0.4, 0.5) is 13.2 Å². The number of phenols is 1. The number of phenolic OH excluding ortho intramolecular Hbond substituents is 1. The zero-order valence-electron chi connectivity index (χ0n) is 10.00. The number of hydrogen-bond donors (Lipinski definition) is 2. The van der Waals surface area contributed by atoms with Crippen LogP contribution in [0.3, 0.4) is 0 Å². The maximum absolute atomic E-state index is 12.1. The highest BCUT2D eigenvalue weighted by Crippen LogP contribution is 2.35. The van der Waals surface area contributed by atoms with Gasteiger partial charge in [0.1, 0.15) is 0 Å². The summed E-state index contributed by atoms with van der Waals surface area (Å²) in [4.78, 5) is 0. The molecule has 3 N–H and O–H groups in total. The van der Waals surface area contributed by atoms with E-state index in [9.17, 15) is 18.3 Å². The van der Waals surface area contributed by atoms with E-state index >= 15 is 0 Å². The van der Waals surface area contributed by atoms with Crippen molar-refractivity contribution in [1.82, 2.24) is 0 Å². The van der Waals surface area contributed by atoms with Crippen molar-refractivity contribution in [3.8, 4) is 11.5 Å². The minimum atomic E-state index is -4.25. The van der Waals surface area contributed by atoms with E-state index in [1.165, 1.54) is 6.07 Å². The topological polar surface area (TPSA) is 55.5 Å². The van der Waals surface area contributed by atoms with Crippen molar-refractivity contribution in [3.05, 3.63) is 23.8 Å². The third kappa shape index (κ3) is 4.10. The molecule has 0 aromatic heterocycles. The van der Waals surface area contributed by atoms with Gasteiger partial charge in [-0.3, -0.25) is 0 Å². The van der Waals surface area contributed by atoms with Gasteiger partial charge in [0.2, 0.25) is 0 Å². The summed E-state index contributed by atoms with van der Waals surface area (Å²) in [7, 11) is 0. The van der Waals surface area contributed by atoms with Gasteiger partial charge in [-0.1, -0.05) is 12.1 Å². The lowest BCUT2D eigenvalue weighted by molar-refractivity contribution is -0.136. The SMILES string of the molecule is CCOc1cccc([C@H](N)CCC(F)(F)F)c1O. The van der Waals surface area contributed by atoms with Crippen molar-refractivity contribution in [1.29, 1.82) is 0 Å². The normalized spacial score (nSPS) is 13.4. The van der Waals surface area contributed by atoms with Crippen LogP contribution in [0.5, 0.6) is 11.5 Å². The predicted molar refractivity (Wildman–Crippen MR) is 61.5 cm³/mol. The molecule has 0 fully saturated rings. The summed E-state index contributed by atoms with van der Waals surface area (Å²) < 4.78 is 41.4. The quantitative estimate of drug-likeness (QED) is 0.858. The van der Waals surface area contributed by atoms with Crippen LogP contribution in [0.25, 0.3) is 0 Å². The molecule has 0 saturated carbocycles. The zero-order valence-corrected chi connectivity index (χ0v) is 10.00. The zero-order chi connectivity index (χ0) is 13.8. The second kappa shape index (κ2) is 5.95. The highest BCUT2D eigenvalue weighted by atomic mass is 19.4. The average molecular weight is 263 g/mol. The van der Waals surface area contributed by atoms with E-state index < -0.39 is 18.6 Å². The molecule has 1 aromatic rings. The number of rotatable bonds is 5. The predicted octanol–water partition coefficient (Wildman–Crippen LogP) is 3.13. The summed E-state index contributed by atoms with van der Waals surface area (Å²) in [6, 6.07) is 3.76. The van der Waals surface area contributed by atoms with E-state index in [4.69, 9.17) is 10.5 Å². The van der Waals surface area contributed by atoms with E-state index in [2.05, 4.69) is 0 Å². The molecule has 0 aliphatic carbocycles. The van der Waals surface area contributed by atoms with Crippen LogP contribution in [-0.4, -0.2) is 17.9 Å². The van der Waals surface area contributed by atoms with E-state index in [-0.39, 0.29) is 23.5 Å². The molecule has 6 heteroatoms. The van der Waals surface area contributed by atoms with Gasteiger partial charge in [0.25, 0.3) is 0 Å². The van der Waals surface area contributed by atoms with Crippen molar-refractivity contribution in [2.24, 2.45) is 5.73 Å². The largest absolute Gasteiger partial charge is 0.504 e. The number of ether oxygens (including phenoxy) is 1. The van der Waals surface area contributed by atoms with E-state index in [1.807, 2.05) is 0 Å². The van der Waals surface area contributed by atoms with Gasteiger partial charge >= 0.3 is 6.18 Å². The molecule has 3 nitrogen and oxygen atoms in total. The van der Waals surface area contributed by atoms with E-state index in [0.29, 0.717) is 6.61 Å². The fourth-order valence-corrected chi connectivity index (χ4v) is 1.59. The molecule has 0 spiro atoms. The van der Waals surface area contributed by atoms with E-state index in [0.717, 1.165) is 0 Å². The van der Waals surface area contributed by atoms with Crippen molar-refractivity contribution in [2.45, 2.75) is 32.0 Å². The molecule has 0 amide bonds. The minimum absolute atomic E-state index is 0.186. The molecule has 0 aliphatic rings. The van der Waals surface area contributed by atoms with Crippen LogP contribution in [0, 0.1) is 0 Å². The standard InChI is InChI=1S/C12H16F3NO2/c1-2-18-10-5-3-4-8(11(10)17)9(16)6-7-12(13,14)15/h3-5,9,17H,2,6-7,16H2,1H3/t9-/m1/s1. The summed E-state index contributed by atoms with van der Waals surface area (Å²) in [5.41, 5.74) is 5.92. The molecule has 0 heterocycles. The first kappa shape index (κ1) is 14.6. The Hall–Kier alpha value is -1.43. The fourth-order valence-electron chi connectivity index (χ4n) is 1.59. The van der Waals surface area contributed by atoms with Crippen molar-refractivity contribution < 1.29 is 23.0 Å². The Kier molecular flexibility index (Phi) is 4.84. The number of hydrogen-bond acceptors (Lipinski definition) is 3. The monoisotopic (exact) mass is 263 g/mol. The maximum atomic E-state index is 12.1. The Bertz CT molecular complexity index is 393. The summed E-state index contributed by atoms with van der Waals surface area (Å²) >= 11 is 0. The molecule has 18 heavy (non-hydrogen) atoms. The van der Waals surface area contributed by atoms with Crippen LogP contribution in [-0.2, 0) is 0 Å². The number of para-hydroxylation sites is 1. The van der Waals surface area contributed by atoms with Gasteiger partial charge in [0.05, 0.1) is 6.61 Å². The van der Waals surface area contributed by atoms with Gasteiger partial charge in [-0.15, -0.1) is 0 Å². The number of aromatic hydroxyl groups is 1. The van der Waals surface area contributed by atoms with Crippen LogP contribution in [0.2, 0.25) is 0 Å². The number of alkyl halides is 3.